The number of nitrogens with one attached hydrogen (secondary N) is 1. The van der Waals surface area contributed by atoms with E-state index in [-0.39, 0.29) is 12.6 Å². The maximum absolute atomic E-state index is 8.77. The lowest BCUT2D eigenvalue weighted by Gasteiger charge is -2.09. The molecule has 13 heavy (non-hydrogen) atoms. The molecule has 0 fully saturated rings. The average molecular weight is 180 g/mol. The van der Waals surface area contributed by atoms with Crippen LogP contribution in [0.5, 0.6) is 0 Å². The van der Waals surface area contributed by atoms with Gasteiger partial charge in [0.25, 0.3) is 0 Å². The van der Waals surface area contributed by atoms with Crippen molar-refractivity contribution in [2.45, 2.75) is 26.4 Å². The Morgan fingerprint density at radius 3 is 2.85 bits per heavy atom. The van der Waals surface area contributed by atoms with E-state index in [9.17, 15) is 0 Å². The molecule has 1 heterocycles. The van der Waals surface area contributed by atoms with Gasteiger partial charge >= 0.3 is 0 Å². The first-order valence-electron chi connectivity index (χ1n) is 4.48. The summed E-state index contributed by atoms with van der Waals surface area (Å²) in [7, 11) is 0. The maximum Gasteiger partial charge on any atom is 0.0582 e. The molecule has 0 saturated carbocycles. The molecule has 1 atom stereocenters. The molecule has 2 N–H and O–H groups in total. The Morgan fingerprint density at radius 2 is 2.31 bits per heavy atom. The molecule has 72 valence electrons. The van der Waals surface area contributed by atoms with Crippen LogP contribution in [0.25, 0.3) is 0 Å². The van der Waals surface area contributed by atoms with Gasteiger partial charge in [-0.3, -0.25) is 4.98 Å². The quantitative estimate of drug-likeness (QED) is 0.722. The molecule has 0 aromatic carbocycles. The summed E-state index contributed by atoms with van der Waals surface area (Å²) in [5.41, 5.74) is 2.17. The fourth-order valence-corrected chi connectivity index (χ4v) is 0.946. The Hall–Kier alpha value is -0.930. The molecule has 3 heteroatoms. The lowest BCUT2D eigenvalue weighted by atomic mass is 10.2. The van der Waals surface area contributed by atoms with Gasteiger partial charge in [0.05, 0.1) is 12.3 Å². The number of aliphatic hydroxyl groups is 1. The highest BCUT2D eigenvalue weighted by Crippen LogP contribution is 1.98. The topological polar surface area (TPSA) is 45.1 Å². The minimum Gasteiger partial charge on any atom is -0.395 e. The molecule has 0 aliphatic carbocycles. The van der Waals surface area contributed by atoms with Crippen molar-refractivity contribution in [1.82, 2.24) is 10.3 Å². The van der Waals surface area contributed by atoms with Gasteiger partial charge in [-0.05, 0) is 25.5 Å². The fraction of sp³-hybridized carbons (Fsp3) is 0.500. The number of aromatic nitrogens is 1. The summed E-state index contributed by atoms with van der Waals surface area (Å²) in [5.74, 6) is 0. The molecule has 0 saturated heterocycles. The monoisotopic (exact) mass is 180 g/mol. The molecule has 0 radical (unpaired) electrons. The highest BCUT2D eigenvalue weighted by atomic mass is 16.3. The van der Waals surface area contributed by atoms with Gasteiger partial charge < -0.3 is 10.4 Å². The first-order chi connectivity index (χ1) is 6.22. The normalized spacial score (nSPS) is 12.8. The zero-order chi connectivity index (χ0) is 9.68. The van der Waals surface area contributed by atoms with E-state index in [1.165, 1.54) is 5.56 Å². The van der Waals surface area contributed by atoms with E-state index in [1.54, 1.807) is 0 Å². The van der Waals surface area contributed by atoms with Gasteiger partial charge in [0.2, 0.25) is 0 Å². The van der Waals surface area contributed by atoms with Crippen LogP contribution >= 0.6 is 0 Å². The van der Waals surface area contributed by atoms with Crippen molar-refractivity contribution in [3.8, 4) is 0 Å². The molecule has 0 amide bonds. The standard InChI is InChI=1S/C10H16N2O/c1-8-3-4-10(12-5-8)6-11-9(2)7-13/h3-5,9,11,13H,6-7H2,1-2H3/t9-/m1/s1. The minimum absolute atomic E-state index is 0.128. The van der Waals surface area contributed by atoms with E-state index >= 15 is 0 Å². The van der Waals surface area contributed by atoms with Crippen LogP contribution in [0, 0.1) is 6.92 Å². The average Bonchev–Trinajstić information content (AvgIpc) is 2.16. The highest BCUT2D eigenvalue weighted by Gasteiger charge is 1.99. The van der Waals surface area contributed by atoms with Gasteiger partial charge in [-0.1, -0.05) is 6.07 Å². The summed E-state index contributed by atoms with van der Waals surface area (Å²) in [5, 5.41) is 11.9. The van der Waals surface area contributed by atoms with Crippen LogP contribution in [0.3, 0.4) is 0 Å². The summed E-state index contributed by atoms with van der Waals surface area (Å²) in [6.07, 6.45) is 1.85. The van der Waals surface area contributed by atoms with Crippen molar-refractivity contribution >= 4 is 0 Å². The van der Waals surface area contributed by atoms with E-state index in [4.69, 9.17) is 5.11 Å². The third-order valence-corrected chi connectivity index (χ3v) is 1.88. The van der Waals surface area contributed by atoms with Crippen molar-refractivity contribution in [1.29, 1.82) is 0 Å². The van der Waals surface area contributed by atoms with Crippen LogP contribution in [0.1, 0.15) is 18.2 Å². The molecule has 1 rings (SSSR count). The molecular weight excluding hydrogens is 164 g/mol. The predicted octanol–water partition coefficient (Wildman–Crippen LogP) is 0.860. The zero-order valence-corrected chi connectivity index (χ0v) is 8.12. The molecular formula is C10H16N2O. The van der Waals surface area contributed by atoms with E-state index in [0.29, 0.717) is 6.54 Å². The van der Waals surface area contributed by atoms with Gasteiger partial charge in [-0.25, -0.2) is 0 Å². The van der Waals surface area contributed by atoms with Crippen LogP contribution in [0.4, 0.5) is 0 Å². The number of hydrogen-bond donors (Lipinski definition) is 2. The van der Waals surface area contributed by atoms with Crippen molar-refractivity contribution in [3.05, 3.63) is 29.6 Å². The highest BCUT2D eigenvalue weighted by molar-refractivity contribution is 5.11. The van der Waals surface area contributed by atoms with E-state index in [0.717, 1.165) is 5.69 Å². The molecule has 0 unspecified atom stereocenters. The summed E-state index contributed by atoms with van der Waals surface area (Å²) in [4.78, 5) is 4.24. The zero-order valence-electron chi connectivity index (χ0n) is 8.12. The number of rotatable bonds is 4. The van der Waals surface area contributed by atoms with Crippen molar-refractivity contribution in [3.63, 3.8) is 0 Å². The Bertz CT molecular complexity index is 246. The third kappa shape index (κ3) is 3.53. The summed E-state index contributed by atoms with van der Waals surface area (Å²) >= 11 is 0. The van der Waals surface area contributed by atoms with Gasteiger partial charge in [0.1, 0.15) is 0 Å². The maximum atomic E-state index is 8.77. The van der Waals surface area contributed by atoms with Crippen LogP contribution in [0.15, 0.2) is 18.3 Å². The molecule has 0 spiro atoms. The summed E-state index contributed by atoms with van der Waals surface area (Å²) in [6.45, 7) is 4.82. The van der Waals surface area contributed by atoms with Crippen LogP contribution in [-0.2, 0) is 6.54 Å². The number of aliphatic hydroxyl groups excluding tert-OH is 1. The van der Waals surface area contributed by atoms with Gasteiger partial charge in [-0.2, -0.15) is 0 Å². The summed E-state index contributed by atoms with van der Waals surface area (Å²) in [6, 6.07) is 4.16. The Kier molecular flexibility index (Phi) is 3.86. The van der Waals surface area contributed by atoms with Gasteiger partial charge in [-0.15, -0.1) is 0 Å². The second-order valence-electron chi connectivity index (χ2n) is 3.29. The van der Waals surface area contributed by atoms with Crippen molar-refractivity contribution < 1.29 is 5.11 Å². The van der Waals surface area contributed by atoms with Gasteiger partial charge in [0, 0.05) is 18.8 Å². The fourth-order valence-electron chi connectivity index (χ4n) is 0.946. The minimum atomic E-state index is 0.128. The second-order valence-corrected chi connectivity index (χ2v) is 3.29. The van der Waals surface area contributed by atoms with Crippen molar-refractivity contribution in [2.24, 2.45) is 0 Å². The number of hydrogen-bond acceptors (Lipinski definition) is 3. The SMILES string of the molecule is Cc1ccc(CN[C@H](C)CO)nc1. The Morgan fingerprint density at radius 1 is 1.54 bits per heavy atom. The second kappa shape index (κ2) is 4.94. The summed E-state index contributed by atoms with van der Waals surface area (Å²) < 4.78 is 0. The van der Waals surface area contributed by atoms with E-state index in [2.05, 4.69) is 10.3 Å². The predicted molar refractivity (Wildman–Crippen MR) is 52.4 cm³/mol. The number of pyridine rings is 1. The molecule has 0 bridgehead atoms. The largest absolute Gasteiger partial charge is 0.395 e. The molecule has 0 aliphatic heterocycles. The van der Waals surface area contributed by atoms with Crippen molar-refractivity contribution in [2.75, 3.05) is 6.61 Å². The van der Waals surface area contributed by atoms with Gasteiger partial charge in [0.15, 0.2) is 0 Å². The molecule has 3 nitrogen and oxygen atoms in total. The number of aryl methyl sites for hydroxylation is 1. The Balaban J connectivity index is 2.41. The van der Waals surface area contributed by atoms with E-state index in [1.807, 2.05) is 32.2 Å². The Labute approximate surface area is 78.8 Å². The first-order valence-corrected chi connectivity index (χ1v) is 4.48. The lowest BCUT2D eigenvalue weighted by Crippen LogP contribution is -2.28. The smallest absolute Gasteiger partial charge is 0.0582 e. The first kappa shape index (κ1) is 10.2. The molecule has 0 aliphatic rings. The van der Waals surface area contributed by atoms with Crippen LogP contribution < -0.4 is 5.32 Å². The van der Waals surface area contributed by atoms with Crippen LogP contribution in [-0.4, -0.2) is 22.7 Å². The number of nitrogens with zero attached hydrogens (tertiary/aromatic N) is 1. The lowest BCUT2D eigenvalue weighted by molar-refractivity contribution is 0.250. The molecule has 1 aromatic rings. The van der Waals surface area contributed by atoms with Crippen LogP contribution in [0.2, 0.25) is 0 Å². The molecule has 1 aromatic heterocycles. The third-order valence-electron chi connectivity index (χ3n) is 1.88. The van der Waals surface area contributed by atoms with E-state index < -0.39 is 0 Å².